The van der Waals surface area contributed by atoms with Crippen molar-refractivity contribution in [2.45, 2.75) is 179 Å². The molecule has 0 bridgehead atoms. The van der Waals surface area contributed by atoms with Gasteiger partial charge in [0.05, 0.1) is 5.54 Å². The van der Waals surface area contributed by atoms with Crippen LogP contribution in [0.2, 0.25) is 0 Å². The first kappa shape index (κ1) is 35.6. The summed E-state index contributed by atoms with van der Waals surface area (Å²) in [7, 11) is 2.29. The Morgan fingerprint density at radius 2 is 1.17 bits per heavy atom. The van der Waals surface area contributed by atoms with Gasteiger partial charge in [-0.25, -0.2) is 0 Å². The average Bonchev–Trinajstić information content (AvgIpc) is 2.66. The van der Waals surface area contributed by atoms with Gasteiger partial charge in [-0.3, -0.25) is 14.8 Å². The van der Waals surface area contributed by atoms with Gasteiger partial charge in [0.15, 0.2) is 0 Å². The molecule has 1 unspecified atom stereocenters. The molecule has 0 spiro atoms. The Labute approximate surface area is 229 Å². The van der Waals surface area contributed by atoms with Gasteiger partial charge in [0, 0.05) is 35.4 Å². The fraction of sp³-hybridized carbons (Fsp3) is 0.970. The minimum Gasteiger partial charge on any atom is -0.298 e. The van der Waals surface area contributed by atoms with Gasteiger partial charge in [-0.05, 0) is 125 Å². The first-order valence-electron chi connectivity index (χ1n) is 14.7. The molecular weight excluding hydrogens is 438 g/mol. The van der Waals surface area contributed by atoms with Crippen LogP contribution in [0, 0.1) is 16.2 Å². The summed E-state index contributed by atoms with van der Waals surface area (Å²) < 4.78 is 0. The largest absolute Gasteiger partial charge is 0.298 e. The summed E-state index contributed by atoms with van der Waals surface area (Å²) in [6.45, 7) is 43.6. The Bertz CT molecular complexity index is 695. The molecule has 0 aromatic carbocycles. The third kappa shape index (κ3) is 11.5. The molecule has 0 saturated carbocycles. The second kappa shape index (κ2) is 12.2. The summed E-state index contributed by atoms with van der Waals surface area (Å²) >= 11 is 0. The maximum absolute atomic E-state index is 5.15. The summed E-state index contributed by atoms with van der Waals surface area (Å²) in [6, 6.07) is 1.04. The highest BCUT2D eigenvalue weighted by atomic mass is 15.2. The van der Waals surface area contributed by atoms with Gasteiger partial charge in [0.25, 0.3) is 0 Å². The Hall–Kier alpha value is -0.410. The molecule has 0 aliphatic heterocycles. The molecule has 0 N–H and O–H groups in total. The van der Waals surface area contributed by atoms with Crippen LogP contribution in [0.1, 0.15) is 150 Å². The Morgan fingerprint density at radius 1 is 0.694 bits per heavy atom. The van der Waals surface area contributed by atoms with E-state index in [-0.39, 0.29) is 32.9 Å². The molecule has 0 aromatic heterocycles. The summed E-state index contributed by atoms with van der Waals surface area (Å²) in [4.78, 5) is 10.5. The van der Waals surface area contributed by atoms with E-state index in [4.69, 9.17) is 4.99 Å². The molecule has 0 aliphatic rings. The van der Waals surface area contributed by atoms with Crippen molar-refractivity contribution < 1.29 is 0 Å². The van der Waals surface area contributed by atoms with Gasteiger partial charge < -0.3 is 0 Å². The minimum absolute atomic E-state index is 0.0218. The van der Waals surface area contributed by atoms with Crippen molar-refractivity contribution in [2.24, 2.45) is 21.2 Å². The highest BCUT2D eigenvalue weighted by Crippen LogP contribution is 2.38. The Kier molecular flexibility index (Phi) is 12.0. The lowest BCUT2D eigenvalue weighted by Gasteiger charge is -2.49. The first-order chi connectivity index (χ1) is 15.6. The van der Waals surface area contributed by atoms with Gasteiger partial charge in [0.1, 0.15) is 0 Å². The minimum atomic E-state index is -0.0218. The van der Waals surface area contributed by atoms with Crippen LogP contribution in [-0.2, 0) is 0 Å². The number of rotatable bonds is 13. The summed E-state index contributed by atoms with van der Waals surface area (Å²) in [5.74, 6) is 0. The maximum atomic E-state index is 5.15. The van der Waals surface area contributed by atoms with Gasteiger partial charge in [0.2, 0.25) is 0 Å². The van der Waals surface area contributed by atoms with Crippen LogP contribution in [0.3, 0.4) is 0 Å². The number of aliphatic imine (C=N–C) groups is 1. The van der Waals surface area contributed by atoms with E-state index in [1.165, 1.54) is 25.0 Å². The predicted molar refractivity (Wildman–Crippen MR) is 166 cm³/mol. The molecule has 0 heterocycles. The van der Waals surface area contributed by atoms with Gasteiger partial charge in [-0.2, -0.15) is 0 Å². The van der Waals surface area contributed by atoms with Crippen LogP contribution in [0.25, 0.3) is 0 Å². The standard InChI is InChI=1S/C33H69N3/c1-25(2)36(24-30(11,12)20-22-32(15,16)34-26(3)28(5,6)7)33(17,18)23-21-31(13,14)27(4)35(19)29(8,9)10/h25,27H,20-24H2,1-19H3/b34-26-. The highest BCUT2D eigenvalue weighted by molar-refractivity contribution is 5.87. The average molecular weight is 508 g/mol. The number of hydrogen-bond acceptors (Lipinski definition) is 3. The lowest BCUT2D eigenvalue weighted by atomic mass is 9.75. The van der Waals surface area contributed by atoms with Crippen molar-refractivity contribution in [1.82, 2.24) is 9.80 Å². The zero-order valence-electron chi connectivity index (χ0n) is 28.5. The second-order valence-corrected chi connectivity index (χ2v) is 16.9. The van der Waals surface area contributed by atoms with Crippen molar-refractivity contribution in [3.8, 4) is 0 Å². The van der Waals surface area contributed by atoms with Crippen molar-refractivity contribution in [1.29, 1.82) is 0 Å². The van der Waals surface area contributed by atoms with Crippen molar-refractivity contribution >= 4 is 5.71 Å². The highest BCUT2D eigenvalue weighted by Gasteiger charge is 2.38. The number of nitrogens with zero attached hydrogens (tertiary/aromatic N) is 3. The monoisotopic (exact) mass is 508 g/mol. The quantitative estimate of drug-likeness (QED) is 0.231. The molecule has 3 heteroatoms. The summed E-state index contributed by atoms with van der Waals surface area (Å²) in [6.07, 6.45) is 4.72. The van der Waals surface area contributed by atoms with Crippen LogP contribution >= 0.6 is 0 Å². The molecule has 0 aliphatic carbocycles. The summed E-state index contributed by atoms with van der Waals surface area (Å²) in [5, 5.41) is 0. The Balaban J connectivity index is 5.48. The fourth-order valence-corrected chi connectivity index (χ4v) is 5.04. The van der Waals surface area contributed by atoms with E-state index in [2.05, 4.69) is 141 Å². The normalized spacial score (nSPS) is 16.4. The van der Waals surface area contributed by atoms with Gasteiger partial charge in [-0.15, -0.1) is 0 Å². The van der Waals surface area contributed by atoms with Crippen molar-refractivity contribution in [3.63, 3.8) is 0 Å². The van der Waals surface area contributed by atoms with Crippen LogP contribution in [-0.4, -0.2) is 57.8 Å². The van der Waals surface area contributed by atoms with Gasteiger partial charge >= 0.3 is 0 Å². The van der Waals surface area contributed by atoms with E-state index >= 15 is 0 Å². The molecule has 0 saturated heterocycles. The molecular formula is C33H69N3. The van der Waals surface area contributed by atoms with Crippen LogP contribution in [0.15, 0.2) is 4.99 Å². The smallest absolute Gasteiger partial charge is 0.0551 e. The van der Waals surface area contributed by atoms with E-state index in [9.17, 15) is 0 Å². The second-order valence-electron chi connectivity index (χ2n) is 16.9. The third-order valence-electron chi connectivity index (χ3n) is 9.12. The van der Waals surface area contributed by atoms with E-state index in [0.717, 1.165) is 13.0 Å². The predicted octanol–water partition coefficient (Wildman–Crippen LogP) is 9.49. The molecule has 0 aromatic rings. The van der Waals surface area contributed by atoms with E-state index in [1.807, 2.05) is 0 Å². The van der Waals surface area contributed by atoms with Crippen molar-refractivity contribution in [2.75, 3.05) is 13.6 Å². The zero-order valence-corrected chi connectivity index (χ0v) is 28.5. The van der Waals surface area contributed by atoms with Gasteiger partial charge in [-0.1, -0.05) is 48.5 Å². The lowest BCUT2D eigenvalue weighted by Crippen LogP contribution is -2.53. The molecule has 0 rings (SSSR count). The molecule has 3 nitrogen and oxygen atoms in total. The third-order valence-corrected chi connectivity index (χ3v) is 9.12. The molecule has 1 atom stereocenters. The number of hydrogen-bond donors (Lipinski definition) is 0. The molecule has 0 fully saturated rings. The Morgan fingerprint density at radius 3 is 1.56 bits per heavy atom. The fourth-order valence-electron chi connectivity index (χ4n) is 5.04. The SMILES string of the molecule is C/C(=N/C(C)(C)CCC(C)(C)CN(C(C)C)C(C)(C)CCC(C)(C)C(C)N(C)C(C)(C)C)C(C)(C)C. The van der Waals surface area contributed by atoms with Crippen LogP contribution in [0.4, 0.5) is 0 Å². The molecule has 0 amide bonds. The zero-order chi connectivity index (χ0) is 29.1. The van der Waals surface area contributed by atoms with E-state index in [1.54, 1.807) is 0 Å². The topological polar surface area (TPSA) is 18.8 Å². The molecule has 0 radical (unpaired) electrons. The van der Waals surface area contributed by atoms with Crippen LogP contribution in [0.5, 0.6) is 0 Å². The van der Waals surface area contributed by atoms with E-state index in [0.29, 0.717) is 12.1 Å². The first-order valence-corrected chi connectivity index (χ1v) is 14.7. The van der Waals surface area contributed by atoms with Crippen LogP contribution < -0.4 is 0 Å². The van der Waals surface area contributed by atoms with Crippen molar-refractivity contribution in [3.05, 3.63) is 0 Å². The van der Waals surface area contributed by atoms with E-state index < -0.39 is 0 Å². The molecule has 36 heavy (non-hydrogen) atoms. The molecule has 216 valence electrons. The maximum Gasteiger partial charge on any atom is 0.0551 e. The summed E-state index contributed by atoms with van der Waals surface area (Å²) in [5.41, 5.74) is 2.19. The lowest BCUT2D eigenvalue weighted by molar-refractivity contribution is 0.00706.